The van der Waals surface area contributed by atoms with E-state index in [0.29, 0.717) is 12.0 Å². The number of likely N-dealkylation sites (tertiary alicyclic amines) is 1. The molecule has 1 amide bonds. The average Bonchev–Trinajstić information content (AvgIpc) is 3.06. The molecule has 6 heteroatoms. The van der Waals surface area contributed by atoms with Crippen molar-refractivity contribution in [3.8, 4) is 0 Å². The second kappa shape index (κ2) is 6.96. The summed E-state index contributed by atoms with van der Waals surface area (Å²) in [6, 6.07) is 0.315. The zero-order chi connectivity index (χ0) is 16.3. The third-order valence-corrected chi connectivity index (χ3v) is 4.90. The van der Waals surface area contributed by atoms with Gasteiger partial charge in [-0.1, -0.05) is 0 Å². The van der Waals surface area contributed by atoms with E-state index in [9.17, 15) is 4.79 Å². The molecular weight excluding hydrogens is 298 g/mol. The van der Waals surface area contributed by atoms with E-state index in [0.717, 1.165) is 31.1 Å². The molecule has 2 atom stereocenters. The highest BCUT2D eigenvalue weighted by Gasteiger charge is 2.31. The summed E-state index contributed by atoms with van der Waals surface area (Å²) in [4.78, 5) is 20.6. The van der Waals surface area contributed by atoms with Crippen LogP contribution < -0.4 is 0 Å². The van der Waals surface area contributed by atoms with Crippen LogP contribution in [-0.2, 0) is 4.74 Å². The highest BCUT2D eigenvalue weighted by atomic mass is 32.1. The topological polar surface area (TPSA) is 45.7 Å². The number of carbonyl (C=O) groups is 1. The molecule has 1 saturated heterocycles. The number of nitrogens with zero attached hydrogens (tertiary/aromatic N) is 3. The van der Waals surface area contributed by atoms with Crippen LogP contribution >= 0.6 is 11.3 Å². The number of aromatic nitrogens is 1. The van der Waals surface area contributed by atoms with E-state index in [2.05, 4.69) is 23.9 Å². The molecule has 2 rings (SSSR count). The Hall–Kier alpha value is -1.14. The highest BCUT2D eigenvalue weighted by Crippen LogP contribution is 2.25. The summed E-state index contributed by atoms with van der Waals surface area (Å²) in [6.45, 7) is 10.4. The zero-order valence-corrected chi connectivity index (χ0v) is 15.0. The SMILES string of the molecule is C[C@H](c1nccs1)N(C)C[C@@H]1CCN(C(=O)OC(C)(C)C)C1. The lowest BCUT2D eigenvalue weighted by atomic mass is 10.1. The minimum atomic E-state index is -0.425. The van der Waals surface area contributed by atoms with Crippen LogP contribution in [0.2, 0.25) is 0 Å². The van der Waals surface area contributed by atoms with E-state index in [1.165, 1.54) is 0 Å². The van der Waals surface area contributed by atoms with Gasteiger partial charge in [0.2, 0.25) is 0 Å². The van der Waals surface area contributed by atoms with Gasteiger partial charge in [-0.15, -0.1) is 11.3 Å². The fraction of sp³-hybridized carbons (Fsp3) is 0.750. The lowest BCUT2D eigenvalue weighted by Crippen LogP contribution is -2.36. The molecule has 0 N–H and O–H groups in total. The Labute approximate surface area is 137 Å². The van der Waals surface area contributed by atoms with Crippen molar-refractivity contribution >= 4 is 17.4 Å². The Balaban J connectivity index is 1.82. The fourth-order valence-corrected chi connectivity index (χ4v) is 3.43. The number of hydrogen-bond acceptors (Lipinski definition) is 5. The molecule has 0 radical (unpaired) electrons. The molecular formula is C16H27N3O2S. The van der Waals surface area contributed by atoms with Gasteiger partial charge in [0.25, 0.3) is 0 Å². The molecule has 1 aliphatic rings. The van der Waals surface area contributed by atoms with E-state index in [-0.39, 0.29) is 6.09 Å². The first-order valence-electron chi connectivity index (χ1n) is 7.84. The van der Waals surface area contributed by atoms with Crippen LogP contribution in [0.3, 0.4) is 0 Å². The third kappa shape index (κ3) is 4.68. The van der Waals surface area contributed by atoms with E-state index < -0.39 is 5.60 Å². The summed E-state index contributed by atoms with van der Waals surface area (Å²) in [6.07, 6.45) is 2.70. The summed E-state index contributed by atoms with van der Waals surface area (Å²) < 4.78 is 5.45. The van der Waals surface area contributed by atoms with Crippen molar-refractivity contribution in [2.45, 2.75) is 45.8 Å². The molecule has 0 saturated carbocycles. The van der Waals surface area contributed by atoms with E-state index >= 15 is 0 Å². The molecule has 0 aliphatic carbocycles. The van der Waals surface area contributed by atoms with Crippen molar-refractivity contribution in [1.29, 1.82) is 0 Å². The Bertz CT molecular complexity index is 484. The molecule has 1 aromatic rings. The number of hydrogen-bond donors (Lipinski definition) is 0. The second-order valence-corrected chi connectivity index (χ2v) is 7.99. The molecule has 0 bridgehead atoms. The van der Waals surface area contributed by atoms with Crippen molar-refractivity contribution in [2.24, 2.45) is 5.92 Å². The van der Waals surface area contributed by atoms with Gasteiger partial charge in [0.05, 0.1) is 6.04 Å². The minimum absolute atomic E-state index is 0.189. The first-order chi connectivity index (χ1) is 10.3. The van der Waals surface area contributed by atoms with Crippen LogP contribution in [0.15, 0.2) is 11.6 Å². The monoisotopic (exact) mass is 325 g/mol. The standard InChI is InChI=1S/C16H27N3O2S/c1-12(14-17-7-9-22-14)18(5)10-13-6-8-19(11-13)15(20)21-16(2,3)4/h7,9,12-13H,6,8,10-11H2,1-5H3/t12-,13+/m1/s1. The van der Waals surface area contributed by atoms with Crippen LogP contribution in [0.5, 0.6) is 0 Å². The average molecular weight is 325 g/mol. The van der Waals surface area contributed by atoms with Crippen LogP contribution in [0.1, 0.15) is 45.2 Å². The van der Waals surface area contributed by atoms with Gasteiger partial charge in [-0.3, -0.25) is 4.90 Å². The number of carbonyl (C=O) groups excluding carboxylic acids is 1. The molecule has 5 nitrogen and oxygen atoms in total. The van der Waals surface area contributed by atoms with Crippen molar-refractivity contribution in [2.75, 3.05) is 26.7 Å². The van der Waals surface area contributed by atoms with Gasteiger partial charge in [0.15, 0.2) is 0 Å². The van der Waals surface area contributed by atoms with E-state index in [1.807, 2.05) is 37.2 Å². The van der Waals surface area contributed by atoms with Gasteiger partial charge >= 0.3 is 6.09 Å². The Kier molecular flexibility index (Phi) is 5.45. The number of rotatable bonds is 4. The van der Waals surface area contributed by atoms with Crippen molar-refractivity contribution in [3.05, 3.63) is 16.6 Å². The molecule has 0 aromatic carbocycles. The Morgan fingerprint density at radius 1 is 1.59 bits per heavy atom. The molecule has 1 aromatic heterocycles. The quantitative estimate of drug-likeness (QED) is 0.851. The maximum absolute atomic E-state index is 12.1. The molecule has 22 heavy (non-hydrogen) atoms. The van der Waals surface area contributed by atoms with Crippen molar-refractivity contribution in [1.82, 2.24) is 14.8 Å². The number of thiazole rings is 1. The zero-order valence-electron chi connectivity index (χ0n) is 14.2. The van der Waals surface area contributed by atoms with E-state index in [4.69, 9.17) is 4.74 Å². The largest absolute Gasteiger partial charge is 0.444 e. The molecule has 124 valence electrons. The molecule has 2 heterocycles. The summed E-state index contributed by atoms with van der Waals surface area (Å²) in [5.41, 5.74) is -0.425. The molecule has 1 fully saturated rings. The normalized spacial score (nSPS) is 20.5. The maximum Gasteiger partial charge on any atom is 0.410 e. The first kappa shape index (κ1) is 17.2. The number of amides is 1. The van der Waals surface area contributed by atoms with Crippen LogP contribution in [0.25, 0.3) is 0 Å². The highest BCUT2D eigenvalue weighted by molar-refractivity contribution is 7.09. The smallest absolute Gasteiger partial charge is 0.410 e. The predicted octanol–water partition coefficient (Wildman–Crippen LogP) is 3.39. The number of ether oxygens (including phenoxy) is 1. The lowest BCUT2D eigenvalue weighted by molar-refractivity contribution is 0.0285. The Morgan fingerprint density at radius 3 is 2.91 bits per heavy atom. The van der Waals surface area contributed by atoms with Crippen LogP contribution in [-0.4, -0.2) is 53.2 Å². The first-order valence-corrected chi connectivity index (χ1v) is 8.72. The van der Waals surface area contributed by atoms with Gasteiger partial charge in [-0.25, -0.2) is 9.78 Å². The summed E-state index contributed by atoms with van der Waals surface area (Å²) in [5, 5.41) is 3.16. The predicted molar refractivity (Wildman–Crippen MR) is 89.1 cm³/mol. The van der Waals surface area contributed by atoms with E-state index in [1.54, 1.807) is 11.3 Å². The van der Waals surface area contributed by atoms with Gasteiger partial charge in [0.1, 0.15) is 10.6 Å². The van der Waals surface area contributed by atoms with Gasteiger partial charge < -0.3 is 9.64 Å². The van der Waals surface area contributed by atoms with Crippen LogP contribution in [0, 0.1) is 5.92 Å². The fourth-order valence-electron chi connectivity index (χ4n) is 2.67. The second-order valence-electron chi connectivity index (χ2n) is 7.07. The third-order valence-electron chi connectivity index (χ3n) is 3.95. The van der Waals surface area contributed by atoms with Gasteiger partial charge in [-0.2, -0.15) is 0 Å². The Morgan fingerprint density at radius 2 is 2.32 bits per heavy atom. The molecule has 1 aliphatic heterocycles. The van der Waals surface area contributed by atoms with Gasteiger partial charge in [-0.05, 0) is 47.1 Å². The van der Waals surface area contributed by atoms with Gasteiger partial charge in [0, 0.05) is 31.2 Å². The summed E-state index contributed by atoms with van der Waals surface area (Å²) in [5.74, 6) is 0.500. The van der Waals surface area contributed by atoms with Crippen LogP contribution in [0.4, 0.5) is 4.79 Å². The minimum Gasteiger partial charge on any atom is -0.444 e. The molecule has 0 unspecified atom stereocenters. The van der Waals surface area contributed by atoms with Crippen molar-refractivity contribution in [3.63, 3.8) is 0 Å². The van der Waals surface area contributed by atoms with Crippen molar-refractivity contribution < 1.29 is 9.53 Å². The lowest BCUT2D eigenvalue weighted by Gasteiger charge is -2.27. The molecule has 0 spiro atoms. The maximum atomic E-state index is 12.1. The summed E-state index contributed by atoms with van der Waals surface area (Å²) in [7, 11) is 2.13. The summed E-state index contributed by atoms with van der Waals surface area (Å²) >= 11 is 1.69.